The Hall–Kier alpha value is -4.00. The van der Waals surface area contributed by atoms with Gasteiger partial charge in [-0.15, -0.1) is 11.3 Å². The molecule has 0 unspecified atom stereocenters. The summed E-state index contributed by atoms with van der Waals surface area (Å²) < 4.78 is 5.39. The lowest BCUT2D eigenvalue weighted by molar-refractivity contribution is 0.0666. The van der Waals surface area contributed by atoms with Crippen LogP contribution in [0.15, 0.2) is 90.3 Å². The molecule has 0 saturated carbocycles. The van der Waals surface area contributed by atoms with Gasteiger partial charge < -0.3 is 9.64 Å². The molecule has 0 radical (unpaired) electrons. The molecule has 1 aromatic heterocycles. The Morgan fingerprint density at radius 2 is 1.67 bits per heavy atom. The van der Waals surface area contributed by atoms with E-state index in [0.717, 1.165) is 16.8 Å². The zero-order valence-electron chi connectivity index (χ0n) is 20.8. The number of ketones is 3. The summed E-state index contributed by atoms with van der Waals surface area (Å²) in [6.45, 7) is 0. The van der Waals surface area contributed by atoms with Crippen LogP contribution in [0.2, 0.25) is 5.02 Å². The molecule has 3 aromatic carbocycles. The Balaban J connectivity index is 1.54. The van der Waals surface area contributed by atoms with Crippen molar-refractivity contribution in [2.75, 3.05) is 12.0 Å². The number of thiophene rings is 1. The molecule has 1 spiro atoms. The number of hydrogen-bond acceptors (Lipinski definition) is 6. The van der Waals surface area contributed by atoms with Gasteiger partial charge in [-0.2, -0.15) is 0 Å². The van der Waals surface area contributed by atoms with E-state index in [0.29, 0.717) is 26.8 Å². The SMILES string of the molecule is COc1ccc([C@@H]2[C@@H](C(=O)c3cccs3)N3c4ccc(Cl)cc4C=C[C@@H]3C23C(=O)c2ccccc2C3=O)cc1. The Morgan fingerprint density at radius 3 is 2.31 bits per heavy atom. The number of methoxy groups -OCH3 is 1. The minimum atomic E-state index is -1.52. The van der Waals surface area contributed by atoms with Crippen LogP contribution < -0.4 is 9.64 Å². The van der Waals surface area contributed by atoms with Crippen LogP contribution >= 0.6 is 22.9 Å². The maximum atomic E-state index is 14.6. The second kappa shape index (κ2) is 8.76. The van der Waals surface area contributed by atoms with E-state index in [2.05, 4.69) is 0 Å². The number of halogens is 1. The van der Waals surface area contributed by atoms with Crippen molar-refractivity contribution < 1.29 is 19.1 Å². The quantitative estimate of drug-likeness (QED) is 0.208. The Morgan fingerprint density at radius 1 is 0.949 bits per heavy atom. The number of carbonyl (C=O) groups is 3. The van der Waals surface area contributed by atoms with E-state index in [4.69, 9.17) is 16.3 Å². The van der Waals surface area contributed by atoms with Crippen molar-refractivity contribution in [3.8, 4) is 5.75 Å². The normalized spacial score (nSPS) is 22.1. The van der Waals surface area contributed by atoms with Crippen LogP contribution in [0.1, 0.15) is 47.4 Å². The molecule has 0 bridgehead atoms. The molecule has 2 aliphatic heterocycles. The van der Waals surface area contributed by atoms with Crippen LogP contribution in [-0.2, 0) is 0 Å². The predicted octanol–water partition coefficient (Wildman–Crippen LogP) is 6.73. The molecule has 5 nitrogen and oxygen atoms in total. The Labute approximate surface area is 234 Å². The average Bonchev–Trinajstić information content (AvgIpc) is 3.66. The first-order chi connectivity index (χ1) is 19.0. The highest BCUT2D eigenvalue weighted by molar-refractivity contribution is 7.12. The fourth-order valence-corrected chi connectivity index (χ4v) is 7.57. The van der Waals surface area contributed by atoms with Crippen molar-refractivity contribution in [2.24, 2.45) is 5.41 Å². The summed E-state index contributed by atoms with van der Waals surface area (Å²) in [6, 6.07) is 22.0. The van der Waals surface area contributed by atoms with Gasteiger partial charge in [0.25, 0.3) is 0 Å². The number of Topliss-reactive ketones (excluding diaryl/α,β-unsaturated/α-hetero) is 3. The molecule has 1 aliphatic carbocycles. The lowest BCUT2D eigenvalue weighted by atomic mass is 9.64. The van der Waals surface area contributed by atoms with E-state index in [1.165, 1.54) is 11.3 Å². The molecular formula is C32H22ClNO4S. The third kappa shape index (κ3) is 3.22. The zero-order valence-corrected chi connectivity index (χ0v) is 22.4. The summed E-state index contributed by atoms with van der Waals surface area (Å²) in [6.07, 6.45) is 3.81. The number of hydrogen-bond donors (Lipinski definition) is 0. The first-order valence-corrected chi connectivity index (χ1v) is 13.9. The third-order valence-electron chi connectivity index (χ3n) is 8.27. The van der Waals surface area contributed by atoms with Gasteiger partial charge >= 0.3 is 0 Å². The summed E-state index contributed by atoms with van der Waals surface area (Å²) in [5, 5.41) is 2.43. The lowest BCUT2D eigenvalue weighted by Gasteiger charge is -2.37. The first kappa shape index (κ1) is 24.1. The standard InChI is InChI=1S/C32H22ClNO4S/c1-38-21-12-8-18(9-13-21)27-28(29(35)25-7-4-16-39-25)34-24-14-11-20(33)17-19(24)10-15-26(34)32(27)30(36)22-5-2-3-6-23(22)31(32)37/h2-17,26-28H,1H3/t26-,27-,28+/m1/s1. The van der Waals surface area contributed by atoms with Gasteiger partial charge in [0, 0.05) is 27.8 Å². The van der Waals surface area contributed by atoms with Crippen LogP contribution in [0.25, 0.3) is 6.08 Å². The molecule has 192 valence electrons. The summed E-state index contributed by atoms with van der Waals surface area (Å²) in [5.41, 5.74) is 1.63. The fourth-order valence-electron chi connectivity index (χ4n) is 6.70. The molecule has 1 fully saturated rings. The van der Waals surface area contributed by atoms with Crippen LogP contribution in [-0.4, -0.2) is 36.5 Å². The molecule has 7 heteroatoms. The smallest absolute Gasteiger partial charge is 0.195 e. The van der Waals surface area contributed by atoms with E-state index in [1.54, 1.807) is 43.5 Å². The highest BCUT2D eigenvalue weighted by atomic mass is 35.5. The minimum absolute atomic E-state index is 0.125. The fraction of sp³-hybridized carbons (Fsp3) is 0.156. The van der Waals surface area contributed by atoms with Crippen LogP contribution in [0.4, 0.5) is 5.69 Å². The molecule has 39 heavy (non-hydrogen) atoms. The highest BCUT2D eigenvalue weighted by Crippen LogP contribution is 2.61. The molecule has 4 aromatic rings. The molecule has 1 saturated heterocycles. The van der Waals surface area contributed by atoms with E-state index in [-0.39, 0.29) is 17.3 Å². The maximum Gasteiger partial charge on any atom is 0.195 e. The molecule has 0 N–H and O–H groups in total. The van der Waals surface area contributed by atoms with Crippen molar-refractivity contribution in [3.63, 3.8) is 0 Å². The summed E-state index contributed by atoms with van der Waals surface area (Å²) in [7, 11) is 1.59. The largest absolute Gasteiger partial charge is 0.497 e. The maximum absolute atomic E-state index is 14.6. The highest BCUT2D eigenvalue weighted by Gasteiger charge is 2.71. The number of benzene rings is 3. The average molecular weight is 552 g/mol. The number of fused-ring (bicyclic) bond motifs is 5. The summed E-state index contributed by atoms with van der Waals surface area (Å²) in [5.74, 6) is -0.719. The van der Waals surface area contributed by atoms with Crippen LogP contribution in [0.3, 0.4) is 0 Å². The Kier molecular flexibility index (Phi) is 5.41. The summed E-state index contributed by atoms with van der Waals surface area (Å²) >= 11 is 7.70. The number of nitrogens with zero attached hydrogens (tertiary/aromatic N) is 1. The van der Waals surface area contributed by atoms with Gasteiger partial charge in [0.1, 0.15) is 17.2 Å². The summed E-state index contributed by atoms with van der Waals surface area (Å²) in [4.78, 5) is 46.2. The topological polar surface area (TPSA) is 63.7 Å². The monoisotopic (exact) mass is 551 g/mol. The second-order valence-electron chi connectivity index (χ2n) is 10.0. The van der Waals surface area contributed by atoms with Gasteiger partial charge in [-0.25, -0.2) is 0 Å². The van der Waals surface area contributed by atoms with Gasteiger partial charge in [-0.3, -0.25) is 14.4 Å². The molecule has 3 atom stereocenters. The van der Waals surface area contributed by atoms with Crippen LogP contribution in [0.5, 0.6) is 5.75 Å². The predicted molar refractivity (Wildman–Crippen MR) is 152 cm³/mol. The van der Waals surface area contributed by atoms with Gasteiger partial charge in [0.05, 0.1) is 18.0 Å². The first-order valence-electron chi connectivity index (χ1n) is 12.6. The molecule has 0 amide bonds. The molecule has 3 aliphatic rings. The van der Waals surface area contributed by atoms with Crippen molar-refractivity contribution in [2.45, 2.75) is 18.0 Å². The molecular weight excluding hydrogens is 530 g/mol. The third-order valence-corrected chi connectivity index (χ3v) is 9.39. The minimum Gasteiger partial charge on any atom is -0.497 e. The van der Waals surface area contributed by atoms with Crippen molar-refractivity contribution in [1.29, 1.82) is 0 Å². The van der Waals surface area contributed by atoms with Crippen LogP contribution in [0, 0.1) is 5.41 Å². The van der Waals surface area contributed by atoms with Gasteiger partial charge in [0.2, 0.25) is 0 Å². The van der Waals surface area contributed by atoms with Crippen molar-refractivity contribution in [3.05, 3.63) is 122 Å². The Bertz CT molecular complexity index is 1660. The van der Waals surface area contributed by atoms with Gasteiger partial charge in [-0.1, -0.05) is 66.2 Å². The van der Waals surface area contributed by atoms with Crippen molar-refractivity contribution in [1.82, 2.24) is 0 Å². The van der Waals surface area contributed by atoms with E-state index in [9.17, 15) is 14.4 Å². The molecule has 3 heterocycles. The van der Waals surface area contributed by atoms with Gasteiger partial charge in [0.15, 0.2) is 17.3 Å². The van der Waals surface area contributed by atoms with Crippen molar-refractivity contribution >= 4 is 52.1 Å². The number of anilines is 1. The number of rotatable bonds is 4. The van der Waals surface area contributed by atoms with E-state index >= 15 is 0 Å². The number of ether oxygens (including phenoxy) is 1. The van der Waals surface area contributed by atoms with E-state index in [1.807, 2.05) is 64.9 Å². The molecule has 7 rings (SSSR count). The second-order valence-corrected chi connectivity index (χ2v) is 11.4. The number of carbonyl (C=O) groups excluding carboxylic acids is 3. The lowest BCUT2D eigenvalue weighted by Crippen LogP contribution is -2.48. The zero-order chi connectivity index (χ0) is 26.9. The van der Waals surface area contributed by atoms with E-state index < -0.39 is 23.4 Å². The van der Waals surface area contributed by atoms with Gasteiger partial charge in [-0.05, 0) is 52.9 Å².